The number of ketones is 1. The van der Waals surface area contributed by atoms with Gasteiger partial charge in [-0.25, -0.2) is 4.39 Å². The Kier molecular flexibility index (Phi) is 6.67. The molecule has 1 aromatic rings. The molecule has 0 aromatic heterocycles. The molecule has 1 heterocycles. The van der Waals surface area contributed by atoms with Crippen molar-refractivity contribution in [3.8, 4) is 0 Å². The van der Waals surface area contributed by atoms with Crippen LogP contribution in [0.5, 0.6) is 0 Å². The van der Waals surface area contributed by atoms with Crippen molar-refractivity contribution in [2.24, 2.45) is 5.92 Å². The summed E-state index contributed by atoms with van der Waals surface area (Å²) in [5.41, 5.74) is 0.311. The van der Waals surface area contributed by atoms with Gasteiger partial charge in [-0.2, -0.15) is 0 Å². The van der Waals surface area contributed by atoms with Crippen LogP contribution >= 0.6 is 0 Å². The number of hydrogen-bond donors (Lipinski definition) is 2. The Morgan fingerprint density at radius 3 is 2.78 bits per heavy atom. The van der Waals surface area contributed by atoms with E-state index in [0.717, 1.165) is 32.7 Å². The Bertz CT molecular complexity index is 544. The second kappa shape index (κ2) is 8.74. The van der Waals surface area contributed by atoms with Gasteiger partial charge in [-0.3, -0.25) is 14.5 Å². The van der Waals surface area contributed by atoms with Crippen molar-refractivity contribution in [1.82, 2.24) is 15.5 Å². The SMILES string of the molecule is CC(CC(=O)NCCN1CCNCC1)C(=O)c1cccc(F)c1. The Balaban J connectivity index is 1.72. The van der Waals surface area contributed by atoms with E-state index < -0.39 is 11.7 Å². The molecule has 6 heteroatoms. The van der Waals surface area contributed by atoms with E-state index in [2.05, 4.69) is 15.5 Å². The minimum atomic E-state index is -0.462. The van der Waals surface area contributed by atoms with Crippen LogP contribution in [0, 0.1) is 11.7 Å². The third kappa shape index (κ3) is 5.73. The van der Waals surface area contributed by atoms with Gasteiger partial charge in [-0.1, -0.05) is 19.1 Å². The van der Waals surface area contributed by atoms with Crippen LogP contribution in [0.15, 0.2) is 24.3 Å². The summed E-state index contributed by atoms with van der Waals surface area (Å²) >= 11 is 0. The van der Waals surface area contributed by atoms with Crippen molar-refractivity contribution in [2.45, 2.75) is 13.3 Å². The zero-order valence-corrected chi connectivity index (χ0v) is 13.5. The first-order valence-electron chi connectivity index (χ1n) is 8.06. The zero-order chi connectivity index (χ0) is 16.7. The van der Waals surface area contributed by atoms with E-state index in [1.807, 2.05) is 0 Å². The summed E-state index contributed by atoms with van der Waals surface area (Å²) in [7, 11) is 0. The summed E-state index contributed by atoms with van der Waals surface area (Å²) in [6, 6.07) is 5.58. The van der Waals surface area contributed by atoms with E-state index in [9.17, 15) is 14.0 Å². The van der Waals surface area contributed by atoms with Crippen molar-refractivity contribution < 1.29 is 14.0 Å². The lowest BCUT2D eigenvalue weighted by Gasteiger charge is -2.27. The fourth-order valence-corrected chi connectivity index (χ4v) is 2.66. The molecular formula is C17H24FN3O2. The molecule has 1 aliphatic rings. The van der Waals surface area contributed by atoms with Gasteiger partial charge < -0.3 is 10.6 Å². The first-order valence-corrected chi connectivity index (χ1v) is 8.06. The van der Waals surface area contributed by atoms with E-state index in [1.165, 1.54) is 18.2 Å². The topological polar surface area (TPSA) is 61.4 Å². The maximum atomic E-state index is 13.2. The van der Waals surface area contributed by atoms with E-state index in [0.29, 0.717) is 12.1 Å². The van der Waals surface area contributed by atoms with Gasteiger partial charge in [-0.15, -0.1) is 0 Å². The van der Waals surface area contributed by atoms with Crippen LogP contribution in [0.2, 0.25) is 0 Å². The van der Waals surface area contributed by atoms with Gasteiger partial charge in [0.25, 0.3) is 0 Å². The molecule has 1 fully saturated rings. The minimum absolute atomic E-state index is 0.122. The van der Waals surface area contributed by atoms with Crippen LogP contribution in [-0.4, -0.2) is 55.9 Å². The van der Waals surface area contributed by atoms with Crippen LogP contribution in [0.25, 0.3) is 0 Å². The number of Topliss-reactive ketones (excluding diaryl/α,β-unsaturated/α-hetero) is 1. The summed E-state index contributed by atoms with van der Waals surface area (Å²) in [6.07, 6.45) is 0.122. The van der Waals surface area contributed by atoms with Crippen LogP contribution in [0.1, 0.15) is 23.7 Å². The monoisotopic (exact) mass is 321 g/mol. The lowest BCUT2D eigenvalue weighted by molar-refractivity contribution is -0.121. The summed E-state index contributed by atoms with van der Waals surface area (Å²) in [5, 5.41) is 6.13. The van der Waals surface area contributed by atoms with E-state index in [4.69, 9.17) is 0 Å². The molecule has 1 aromatic carbocycles. The highest BCUT2D eigenvalue weighted by atomic mass is 19.1. The highest BCUT2D eigenvalue weighted by Gasteiger charge is 2.19. The lowest BCUT2D eigenvalue weighted by atomic mass is 9.96. The molecule has 1 aliphatic heterocycles. The highest BCUT2D eigenvalue weighted by Crippen LogP contribution is 2.13. The van der Waals surface area contributed by atoms with Crippen molar-refractivity contribution in [1.29, 1.82) is 0 Å². The molecule has 2 rings (SSSR count). The summed E-state index contributed by atoms with van der Waals surface area (Å²) in [5.74, 6) is -1.25. The van der Waals surface area contributed by atoms with Crippen molar-refractivity contribution in [3.05, 3.63) is 35.6 Å². The van der Waals surface area contributed by atoms with Crippen LogP contribution in [-0.2, 0) is 4.79 Å². The van der Waals surface area contributed by atoms with E-state index in [-0.39, 0.29) is 18.1 Å². The van der Waals surface area contributed by atoms with Gasteiger partial charge in [0.2, 0.25) is 5.91 Å². The molecule has 23 heavy (non-hydrogen) atoms. The Morgan fingerprint density at radius 2 is 2.09 bits per heavy atom. The highest BCUT2D eigenvalue weighted by molar-refractivity contribution is 5.99. The number of benzene rings is 1. The second-order valence-electron chi connectivity index (χ2n) is 5.92. The van der Waals surface area contributed by atoms with Crippen LogP contribution in [0.3, 0.4) is 0 Å². The van der Waals surface area contributed by atoms with Gasteiger partial charge in [0.05, 0.1) is 0 Å². The molecule has 1 unspecified atom stereocenters. The molecule has 1 atom stereocenters. The predicted molar refractivity (Wildman–Crippen MR) is 86.8 cm³/mol. The molecule has 5 nitrogen and oxygen atoms in total. The smallest absolute Gasteiger partial charge is 0.220 e. The number of nitrogens with one attached hydrogen (secondary N) is 2. The summed E-state index contributed by atoms with van der Waals surface area (Å²) in [4.78, 5) is 26.4. The number of piperazine rings is 1. The Labute approximate surface area is 136 Å². The van der Waals surface area contributed by atoms with Gasteiger partial charge in [-0.05, 0) is 12.1 Å². The normalized spacial score (nSPS) is 16.8. The average molecular weight is 321 g/mol. The molecule has 0 spiro atoms. The summed E-state index contributed by atoms with van der Waals surface area (Å²) in [6.45, 7) is 7.04. The lowest BCUT2D eigenvalue weighted by Crippen LogP contribution is -2.46. The molecule has 2 N–H and O–H groups in total. The first kappa shape index (κ1) is 17.6. The van der Waals surface area contributed by atoms with Crippen molar-refractivity contribution >= 4 is 11.7 Å². The molecule has 126 valence electrons. The maximum Gasteiger partial charge on any atom is 0.220 e. The Morgan fingerprint density at radius 1 is 1.35 bits per heavy atom. The number of amides is 1. The molecule has 0 saturated carbocycles. The number of halogens is 1. The maximum absolute atomic E-state index is 13.2. The van der Waals surface area contributed by atoms with Gasteiger partial charge in [0, 0.05) is 57.2 Å². The second-order valence-corrected chi connectivity index (χ2v) is 5.92. The van der Waals surface area contributed by atoms with Gasteiger partial charge in [0.15, 0.2) is 5.78 Å². The summed E-state index contributed by atoms with van der Waals surface area (Å²) < 4.78 is 13.2. The average Bonchev–Trinajstić information content (AvgIpc) is 2.55. The molecule has 1 saturated heterocycles. The third-order valence-corrected chi connectivity index (χ3v) is 4.01. The number of nitrogens with zero attached hydrogens (tertiary/aromatic N) is 1. The fourth-order valence-electron chi connectivity index (χ4n) is 2.66. The van der Waals surface area contributed by atoms with Crippen LogP contribution < -0.4 is 10.6 Å². The van der Waals surface area contributed by atoms with Gasteiger partial charge in [0.1, 0.15) is 5.82 Å². The molecule has 1 amide bonds. The number of hydrogen-bond acceptors (Lipinski definition) is 4. The largest absolute Gasteiger partial charge is 0.355 e. The number of carbonyl (C=O) groups excluding carboxylic acids is 2. The fraction of sp³-hybridized carbons (Fsp3) is 0.529. The third-order valence-electron chi connectivity index (χ3n) is 4.01. The van der Waals surface area contributed by atoms with E-state index in [1.54, 1.807) is 13.0 Å². The molecule has 0 radical (unpaired) electrons. The first-order chi connectivity index (χ1) is 11.1. The Hall–Kier alpha value is -1.79. The minimum Gasteiger partial charge on any atom is -0.355 e. The zero-order valence-electron chi connectivity index (χ0n) is 13.5. The van der Waals surface area contributed by atoms with E-state index >= 15 is 0 Å². The van der Waals surface area contributed by atoms with Gasteiger partial charge >= 0.3 is 0 Å². The quantitative estimate of drug-likeness (QED) is 0.737. The van der Waals surface area contributed by atoms with Crippen LogP contribution in [0.4, 0.5) is 4.39 Å². The number of rotatable bonds is 7. The number of carbonyl (C=O) groups is 2. The molecular weight excluding hydrogens is 297 g/mol. The van der Waals surface area contributed by atoms with Crippen molar-refractivity contribution in [3.63, 3.8) is 0 Å². The predicted octanol–water partition coefficient (Wildman–Crippen LogP) is 1.06. The van der Waals surface area contributed by atoms with Crippen molar-refractivity contribution in [2.75, 3.05) is 39.3 Å². The standard InChI is InChI=1S/C17H24FN3O2/c1-13(17(23)14-3-2-4-15(18)12-14)11-16(22)20-7-10-21-8-5-19-6-9-21/h2-4,12-13,19H,5-11H2,1H3,(H,20,22). The molecule has 0 bridgehead atoms. The molecule has 0 aliphatic carbocycles.